The molecule has 3 aliphatic rings. The van der Waals surface area contributed by atoms with Crippen molar-refractivity contribution >= 4 is 17.7 Å². The molecule has 0 bridgehead atoms. The molecule has 1 aliphatic carbocycles. The molecule has 0 unspecified atom stereocenters. The van der Waals surface area contributed by atoms with Crippen LogP contribution < -0.4 is 5.32 Å². The largest absolute Gasteiger partial charge is 0.468 e. The van der Waals surface area contributed by atoms with Crippen LogP contribution in [-0.2, 0) is 14.4 Å². The van der Waals surface area contributed by atoms with E-state index in [2.05, 4.69) is 10.2 Å². The first-order valence-corrected chi connectivity index (χ1v) is 10.5. The second-order valence-electron chi connectivity index (χ2n) is 8.15. The van der Waals surface area contributed by atoms with E-state index in [4.69, 9.17) is 4.42 Å². The Bertz CT molecular complexity index is 687. The maximum atomic E-state index is 12.5. The number of furan rings is 1. The Morgan fingerprint density at radius 3 is 2.39 bits per heavy atom. The highest BCUT2D eigenvalue weighted by molar-refractivity contribution is 6.05. The summed E-state index contributed by atoms with van der Waals surface area (Å²) in [7, 11) is 0. The molecule has 7 nitrogen and oxygen atoms in total. The zero-order valence-corrected chi connectivity index (χ0v) is 16.3. The molecular formula is C21H29N3O4. The highest BCUT2D eigenvalue weighted by Gasteiger charge is 2.47. The van der Waals surface area contributed by atoms with E-state index in [1.54, 1.807) is 6.26 Å². The number of rotatable bonds is 7. The zero-order chi connectivity index (χ0) is 19.5. The average molecular weight is 387 g/mol. The minimum atomic E-state index is -0.150. The molecule has 3 atom stereocenters. The van der Waals surface area contributed by atoms with E-state index in [1.807, 2.05) is 12.1 Å². The van der Waals surface area contributed by atoms with Crippen molar-refractivity contribution in [2.75, 3.05) is 26.2 Å². The number of fused-ring (bicyclic) bond motifs is 1. The van der Waals surface area contributed by atoms with Crippen molar-refractivity contribution in [1.82, 2.24) is 15.1 Å². The second kappa shape index (κ2) is 8.47. The number of hydrogen-bond donors (Lipinski definition) is 1. The summed E-state index contributed by atoms with van der Waals surface area (Å²) in [6.45, 7) is 2.66. The molecule has 152 valence electrons. The summed E-state index contributed by atoms with van der Waals surface area (Å²) in [6.07, 6.45) is 7.76. The van der Waals surface area contributed by atoms with Crippen LogP contribution in [0.1, 0.15) is 56.7 Å². The van der Waals surface area contributed by atoms with Crippen LogP contribution in [0, 0.1) is 11.8 Å². The molecule has 1 aromatic heterocycles. The highest BCUT2D eigenvalue weighted by atomic mass is 16.3. The predicted molar refractivity (Wildman–Crippen MR) is 102 cm³/mol. The van der Waals surface area contributed by atoms with Crippen LogP contribution in [0.25, 0.3) is 0 Å². The lowest BCUT2D eigenvalue weighted by Crippen LogP contribution is -2.39. The molecule has 3 amide bonds. The maximum absolute atomic E-state index is 12.5. The van der Waals surface area contributed by atoms with Crippen molar-refractivity contribution in [2.24, 2.45) is 11.8 Å². The Kier molecular flexibility index (Phi) is 5.80. The lowest BCUT2D eigenvalue weighted by molar-refractivity contribution is -0.140. The first-order valence-electron chi connectivity index (χ1n) is 10.5. The van der Waals surface area contributed by atoms with Crippen molar-refractivity contribution in [3.63, 3.8) is 0 Å². The highest BCUT2D eigenvalue weighted by Crippen LogP contribution is 2.38. The Morgan fingerprint density at radius 2 is 1.79 bits per heavy atom. The molecular weight excluding hydrogens is 358 g/mol. The van der Waals surface area contributed by atoms with Crippen LogP contribution >= 0.6 is 0 Å². The summed E-state index contributed by atoms with van der Waals surface area (Å²) < 4.78 is 5.57. The predicted octanol–water partition coefficient (Wildman–Crippen LogP) is 2.10. The van der Waals surface area contributed by atoms with Gasteiger partial charge in [0.25, 0.3) is 0 Å². The molecule has 3 heterocycles. The van der Waals surface area contributed by atoms with Gasteiger partial charge < -0.3 is 9.73 Å². The third-order valence-corrected chi connectivity index (χ3v) is 6.44. The third-order valence-electron chi connectivity index (χ3n) is 6.44. The van der Waals surface area contributed by atoms with Crippen LogP contribution in [0.2, 0.25) is 0 Å². The fraction of sp³-hybridized carbons (Fsp3) is 0.667. The van der Waals surface area contributed by atoms with E-state index in [1.165, 1.54) is 4.90 Å². The number of imide groups is 1. The van der Waals surface area contributed by atoms with Gasteiger partial charge in [-0.15, -0.1) is 0 Å². The average Bonchev–Trinajstić information content (AvgIpc) is 3.45. The molecule has 0 radical (unpaired) electrons. The van der Waals surface area contributed by atoms with E-state index in [0.29, 0.717) is 6.54 Å². The van der Waals surface area contributed by atoms with Gasteiger partial charge in [0.1, 0.15) is 5.76 Å². The number of nitrogens with zero attached hydrogens (tertiary/aromatic N) is 2. The zero-order valence-electron chi connectivity index (χ0n) is 16.3. The van der Waals surface area contributed by atoms with Crippen molar-refractivity contribution in [3.05, 3.63) is 24.2 Å². The summed E-state index contributed by atoms with van der Waals surface area (Å²) in [4.78, 5) is 41.1. The summed E-state index contributed by atoms with van der Waals surface area (Å²) in [5.74, 6) is 0.272. The van der Waals surface area contributed by atoms with Crippen molar-refractivity contribution in [2.45, 2.75) is 51.0 Å². The molecule has 4 rings (SSSR count). The number of amides is 3. The number of carbonyl (C=O) groups excluding carboxylic acids is 3. The molecule has 2 saturated heterocycles. The second-order valence-corrected chi connectivity index (χ2v) is 8.15. The SMILES string of the molecule is O=C(CCN1C(=O)[C@H]2CCCC[C@@H]2C1=O)NC[C@H](c1ccco1)N1CCCC1. The van der Waals surface area contributed by atoms with Crippen molar-refractivity contribution in [1.29, 1.82) is 0 Å². The van der Waals surface area contributed by atoms with E-state index in [9.17, 15) is 14.4 Å². The van der Waals surface area contributed by atoms with Gasteiger partial charge in [-0.05, 0) is 50.9 Å². The molecule has 0 spiro atoms. The number of hydrogen-bond acceptors (Lipinski definition) is 5. The molecule has 7 heteroatoms. The van der Waals surface area contributed by atoms with Crippen molar-refractivity contribution in [3.8, 4) is 0 Å². The summed E-state index contributed by atoms with van der Waals surface area (Å²) in [5.41, 5.74) is 0. The standard InChI is InChI=1S/C21H29N3O4/c25-19(9-12-24-20(26)15-6-1-2-7-16(15)21(24)27)22-14-17(18-8-5-13-28-18)23-10-3-4-11-23/h5,8,13,15-17H,1-4,6-7,9-12,14H2,(H,22,25)/t15-,16-,17+/m0/s1. The lowest BCUT2D eigenvalue weighted by atomic mass is 9.81. The summed E-state index contributed by atoms with van der Waals surface area (Å²) in [6, 6.07) is 3.84. The van der Waals surface area contributed by atoms with E-state index in [-0.39, 0.29) is 48.6 Å². The van der Waals surface area contributed by atoms with Gasteiger partial charge in [0.15, 0.2) is 0 Å². The fourth-order valence-corrected chi connectivity index (χ4v) is 4.91. The molecule has 28 heavy (non-hydrogen) atoms. The molecule has 0 aromatic carbocycles. The van der Waals surface area contributed by atoms with Gasteiger partial charge in [-0.25, -0.2) is 0 Å². The first-order chi connectivity index (χ1) is 13.6. The topological polar surface area (TPSA) is 82.9 Å². The number of likely N-dealkylation sites (tertiary alicyclic amines) is 2. The van der Waals surface area contributed by atoms with Gasteiger partial charge in [-0.1, -0.05) is 12.8 Å². The van der Waals surface area contributed by atoms with Crippen LogP contribution in [0.4, 0.5) is 0 Å². The number of nitrogens with one attached hydrogen (secondary N) is 1. The van der Waals surface area contributed by atoms with Gasteiger partial charge in [-0.3, -0.25) is 24.2 Å². The monoisotopic (exact) mass is 387 g/mol. The van der Waals surface area contributed by atoms with Crippen molar-refractivity contribution < 1.29 is 18.8 Å². The van der Waals surface area contributed by atoms with E-state index in [0.717, 1.165) is 57.4 Å². The van der Waals surface area contributed by atoms with Crippen LogP contribution in [0.5, 0.6) is 0 Å². The smallest absolute Gasteiger partial charge is 0.233 e. The van der Waals surface area contributed by atoms with Gasteiger partial charge in [0.2, 0.25) is 17.7 Å². The van der Waals surface area contributed by atoms with Gasteiger partial charge in [0.05, 0.1) is 24.1 Å². The maximum Gasteiger partial charge on any atom is 0.233 e. The van der Waals surface area contributed by atoms with Gasteiger partial charge >= 0.3 is 0 Å². The van der Waals surface area contributed by atoms with E-state index >= 15 is 0 Å². The molecule has 1 aromatic rings. The Balaban J connectivity index is 1.29. The normalized spacial score (nSPS) is 26.5. The quantitative estimate of drug-likeness (QED) is 0.725. The summed E-state index contributed by atoms with van der Waals surface area (Å²) >= 11 is 0. The summed E-state index contributed by atoms with van der Waals surface area (Å²) in [5, 5.41) is 2.97. The Morgan fingerprint density at radius 1 is 1.11 bits per heavy atom. The van der Waals surface area contributed by atoms with Crippen LogP contribution in [-0.4, -0.2) is 53.7 Å². The van der Waals surface area contributed by atoms with E-state index < -0.39 is 0 Å². The molecule has 3 fully saturated rings. The molecule has 2 aliphatic heterocycles. The minimum Gasteiger partial charge on any atom is -0.468 e. The van der Waals surface area contributed by atoms with Crippen LogP contribution in [0.15, 0.2) is 22.8 Å². The molecule has 1 N–H and O–H groups in total. The number of carbonyl (C=O) groups is 3. The third kappa shape index (κ3) is 3.85. The fourth-order valence-electron chi connectivity index (χ4n) is 4.91. The lowest BCUT2D eigenvalue weighted by Gasteiger charge is -2.26. The molecule has 1 saturated carbocycles. The van der Waals surface area contributed by atoms with Gasteiger partial charge in [-0.2, -0.15) is 0 Å². The Hall–Kier alpha value is -2.15. The Labute approximate surface area is 165 Å². The van der Waals surface area contributed by atoms with Crippen LogP contribution in [0.3, 0.4) is 0 Å². The first kappa shape index (κ1) is 19.2. The van der Waals surface area contributed by atoms with Gasteiger partial charge in [0, 0.05) is 19.5 Å². The minimum absolute atomic E-state index is 0.0272.